The maximum Gasteiger partial charge on any atom is 0.191 e. The van der Waals surface area contributed by atoms with E-state index in [0.29, 0.717) is 6.54 Å². The van der Waals surface area contributed by atoms with Crippen LogP contribution in [0.15, 0.2) is 52.1 Å². The third-order valence-corrected chi connectivity index (χ3v) is 3.06. The number of ether oxygens (including phenoxy) is 1. The van der Waals surface area contributed by atoms with Crippen LogP contribution in [0.25, 0.3) is 0 Å². The Labute approximate surface area is 148 Å². The summed E-state index contributed by atoms with van der Waals surface area (Å²) in [6, 6.07) is 11.8. The van der Waals surface area contributed by atoms with Gasteiger partial charge in [-0.25, -0.2) is 0 Å². The zero-order valence-corrected chi connectivity index (χ0v) is 15.2. The Kier molecular flexibility index (Phi) is 8.42. The van der Waals surface area contributed by atoms with Gasteiger partial charge >= 0.3 is 0 Å². The fourth-order valence-electron chi connectivity index (χ4n) is 1.95. The molecule has 1 heterocycles. The molecule has 6 heteroatoms. The Morgan fingerprint density at radius 2 is 2.09 bits per heavy atom. The van der Waals surface area contributed by atoms with E-state index in [4.69, 9.17) is 9.15 Å². The van der Waals surface area contributed by atoms with E-state index in [1.807, 2.05) is 36.4 Å². The van der Waals surface area contributed by atoms with E-state index in [2.05, 4.69) is 15.6 Å². The van der Waals surface area contributed by atoms with E-state index in [0.717, 1.165) is 36.0 Å². The Bertz CT molecular complexity index is 571. The molecule has 2 N–H and O–H groups in total. The summed E-state index contributed by atoms with van der Waals surface area (Å²) in [5.74, 6) is 2.59. The first-order valence-electron chi connectivity index (χ1n) is 6.91. The highest BCUT2D eigenvalue weighted by molar-refractivity contribution is 14.0. The summed E-state index contributed by atoms with van der Waals surface area (Å²) >= 11 is 0. The number of methoxy groups -OCH3 is 1. The van der Waals surface area contributed by atoms with E-state index in [1.54, 1.807) is 20.4 Å². The number of halogens is 1. The number of hydrogen-bond donors (Lipinski definition) is 2. The molecular weight excluding hydrogens is 393 g/mol. The van der Waals surface area contributed by atoms with Crippen LogP contribution in [0.5, 0.6) is 5.75 Å². The molecule has 120 valence electrons. The zero-order chi connectivity index (χ0) is 14.9. The van der Waals surface area contributed by atoms with E-state index in [1.165, 1.54) is 0 Å². The number of benzene rings is 1. The van der Waals surface area contributed by atoms with Crippen molar-refractivity contribution in [3.05, 3.63) is 54.0 Å². The van der Waals surface area contributed by atoms with E-state index >= 15 is 0 Å². The highest BCUT2D eigenvalue weighted by Gasteiger charge is 2.01. The molecule has 22 heavy (non-hydrogen) atoms. The van der Waals surface area contributed by atoms with Crippen molar-refractivity contribution in [2.75, 3.05) is 20.7 Å². The van der Waals surface area contributed by atoms with Crippen LogP contribution in [-0.2, 0) is 13.0 Å². The Hall–Kier alpha value is -1.70. The third kappa shape index (κ3) is 5.97. The summed E-state index contributed by atoms with van der Waals surface area (Å²) in [4.78, 5) is 4.20. The lowest BCUT2D eigenvalue weighted by Gasteiger charge is -2.12. The molecule has 1 aromatic carbocycles. The SMILES string of the molecule is CN=C(NCCc1ccco1)NCc1cccc(OC)c1.I. The van der Waals surface area contributed by atoms with Crippen molar-refractivity contribution in [2.24, 2.45) is 4.99 Å². The minimum atomic E-state index is 0. The molecule has 2 aromatic rings. The van der Waals surface area contributed by atoms with Crippen LogP contribution >= 0.6 is 24.0 Å². The maximum absolute atomic E-state index is 5.29. The molecule has 0 aliphatic rings. The molecule has 0 fully saturated rings. The average Bonchev–Trinajstić information content (AvgIpc) is 3.04. The molecule has 2 rings (SSSR count). The first kappa shape index (κ1) is 18.3. The van der Waals surface area contributed by atoms with Crippen LogP contribution in [0.4, 0.5) is 0 Å². The van der Waals surface area contributed by atoms with Crippen molar-refractivity contribution in [1.29, 1.82) is 0 Å². The van der Waals surface area contributed by atoms with Crippen molar-refractivity contribution in [2.45, 2.75) is 13.0 Å². The predicted molar refractivity (Wildman–Crippen MR) is 99.0 cm³/mol. The summed E-state index contributed by atoms with van der Waals surface area (Å²) in [7, 11) is 3.43. The van der Waals surface area contributed by atoms with Gasteiger partial charge in [0, 0.05) is 26.6 Å². The van der Waals surface area contributed by atoms with Gasteiger partial charge in [0.1, 0.15) is 11.5 Å². The van der Waals surface area contributed by atoms with Gasteiger partial charge in [-0.05, 0) is 29.8 Å². The summed E-state index contributed by atoms with van der Waals surface area (Å²) < 4.78 is 10.5. The number of furan rings is 1. The van der Waals surface area contributed by atoms with Crippen molar-refractivity contribution in [3.8, 4) is 5.75 Å². The van der Waals surface area contributed by atoms with Crippen LogP contribution in [0.3, 0.4) is 0 Å². The Morgan fingerprint density at radius 1 is 1.23 bits per heavy atom. The van der Waals surface area contributed by atoms with Gasteiger partial charge < -0.3 is 19.8 Å². The number of guanidine groups is 1. The molecule has 0 atom stereocenters. The first-order chi connectivity index (χ1) is 10.3. The molecule has 0 bridgehead atoms. The lowest BCUT2D eigenvalue weighted by molar-refractivity contribution is 0.414. The van der Waals surface area contributed by atoms with E-state index in [-0.39, 0.29) is 24.0 Å². The standard InChI is InChI=1S/C16H21N3O2.HI/c1-17-16(18-9-8-14-7-4-10-21-14)19-12-13-5-3-6-15(11-13)20-2;/h3-7,10-11H,8-9,12H2,1-2H3,(H2,17,18,19);1H. The number of nitrogens with one attached hydrogen (secondary N) is 2. The molecule has 0 aliphatic heterocycles. The van der Waals surface area contributed by atoms with Crippen molar-refractivity contribution in [1.82, 2.24) is 10.6 Å². The fraction of sp³-hybridized carbons (Fsp3) is 0.312. The summed E-state index contributed by atoms with van der Waals surface area (Å²) in [5.41, 5.74) is 1.14. The normalized spacial score (nSPS) is 10.7. The lowest BCUT2D eigenvalue weighted by Crippen LogP contribution is -2.37. The number of nitrogens with zero attached hydrogens (tertiary/aromatic N) is 1. The highest BCUT2D eigenvalue weighted by Crippen LogP contribution is 2.11. The van der Waals surface area contributed by atoms with E-state index < -0.39 is 0 Å². The average molecular weight is 415 g/mol. The van der Waals surface area contributed by atoms with Crippen LogP contribution in [-0.4, -0.2) is 26.7 Å². The van der Waals surface area contributed by atoms with Gasteiger partial charge in [-0.2, -0.15) is 0 Å². The molecule has 0 aliphatic carbocycles. The highest BCUT2D eigenvalue weighted by atomic mass is 127. The van der Waals surface area contributed by atoms with Gasteiger partial charge in [0.25, 0.3) is 0 Å². The van der Waals surface area contributed by atoms with Crippen LogP contribution in [0.1, 0.15) is 11.3 Å². The lowest BCUT2D eigenvalue weighted by atomic mass is 10.2. The summed E-state index contributed by atoms with van der Waals surface area (Å²) in [6.45, 7) is 1.46. The minimum Gasteiger partial charge on any atom is -0.497 e. The van der Waals surface area contributed by atoms with Gasteiger partial charge in [-0.15, -0.1) is 24.0 Å². The molecule has 0 amide bonds. The smallest absolute Gasteiger partial charge is 0.191 e. The second-order valence-corrected chi connectivity index (χ2v) is 4.53. The number of aliphatic imine (C=N–C) groups is 1. The molecule has 0 radical (unpaired) electrons. The molecule has 1 aromatic heterocycles. The van der Waals surface area contributed by atoms with Crippen molar-refractivity contribution >= 4 is 29.9 Å². The van der Waals surface area contributed by atoms with Crippen LogP contribution in [0, 0.1) is 0 Å². The first-order valence-corrected chi connectivity index (χ1v) is 6.91. The maximum atomic E-state index is 5.29. The van der Waals surface area contributed by atoms with Gasteiger partial charge in [-0.3, -0.25) is 4.99 Å². The Balaban J connectivity index is 0.00000242. The number of hydrogen-bond acceptors (Lipinski definition) is 3. The van der Waals surface area contributed by atoms with Gasteiger partial charge in [0.2, 0.25) is 0 Å². The van der Waals surface area contributed by atoms with Gasteiger partial charge in [0.15, 0.2) is 5.96 Å². The molecule has 5 nitrogen and oxygen atoms in total. The van der Waals surface area contributed by atoms with E-state index in [9.17, 15) is 0 Å². The largest absolute Gasteiger partial charge is 0.497 e. The van der Waals surface area contributed by atoms with Crippen molar-refractivity contribution in [3.63, 3.8) is 0 Å². The third-order valence-electron chi connectivity index (χ3n) is 3.06. The monoisotopic (exact) mass is 415 g/mol. The summed E-state index contributed by atoms with van der Waals surface area (Å²) in [6.07, 6.45) is 2.51. The summed E-state index contributed by atoms with van der Waals surface area (Å²) in [5, 5.41) is 6.52. The Morgan fingerprint density at radius 3 is 2.77 bits per heavy atom. The molecule has 0 spiro atoms. The van der Waals surface area contributed by atoms with Gasteiger partial charge in [-0.1, -0.05) is 12.1 Å². The van der Waals surface area contributed by atoms with Gasteiger partial charge in [0.05, 0.1) is 13.4 Å². The van der Waals surface area contributed by atoms with Crippen LogP contribution < -0.4 is 15.4 Å². The van der Waals surface area contributed by atoms with Crippen molar-refractivity contribution < 1.29 is 9.15 Å². The molecule has 0 saturated carbocycles. The second kappa shape index (κ2) is 10.1. The van der Waals surface area contributed by atoms with Crippen LogP contribution in [0.2, 0.25) is 0 Å². The topological polar surface area (TPSA) is 58.8 Å². The predicted octanol–water partition coefficient (Wildman–Crippen LogP) is 2.81. The quantitative estimate of drug-likeness (QED) is 0.433. The zero-order valence-electron chi connectivity index (χ0n) is 12.8. The molecule has 0 saturated heterocycles. The minimum absolute atomic E-state index is 0. The second-order valence-electron chi connectivity index (χ2n) is 4.53. The number of rotatable bonds is 6. The molecular formula is C16H22IN3O2. The fourth-order valence-corrected chi connectivity index (χ4v) is 1.95. The molecule has 0 unspecified atom stereocenters.